The van der Waals surface area contributed by atoms with Crippen molar-refractivity contribution in [3.8, 4) is 17.0 Å². The standard InChI is InChI=1S/C27H31F3N8O3/c1-15(2)37-22-12-16(11-17(28)24(22)34-26(37)25(29)30)18-7-8-31-27(32-18)33-19-13-21(38(39)40)20(14-23(19)41-6)36(5)10-9-35(3)4/h7-8,11-15,25H,9-10H2,1-6H3,(H,31,32,33). The Labute approximate surface area is 234 Å². The van der Waals surface area contributed by atoms with Crippen LogP contribution in [0.25, 0.3) is 22.3 Å². The minimum Gasteiger partial charge on any atom is -0.494 e. The van der Waals surface area contributed by atoms with E-state index in [1.54, 1.807) is 44.0 Å². The molecule has 4 rings (SSSR count). The lowest BCUT2D eigenvalue weighted by molar-refractivity contribution is -0.384. The first-order valence-corrected chi connectivity index (χ1v) is 12.7. The Balaban J connectivity index is 1.73. The average Bonchev–Trinajstić information content (AvgIpc) is 3.32. The summed E-state index contributed by atoms with van der Waals surface area (Å²) >= 11 is 0. The molecule has 2 heterocycles. The minimum atomic E-state index is -2.87. The molecule has 0 radical (unpaired) electrons. The van der Waals surface area contributed by atoms with Gasteiger partial charge in [0.15, 0.2) is 11.6 Å². The number of anilines is 3. The first kappa shape index (κ1) is 29.5. The zero-order valence-corrected chi connectivity index (χ0v) is 23.5. The van der Waals surface area contributed by atoms with Crippen molar-refractivity contribution in [2.45, 2.75) is 26.3 Å². The summed E-state index contributed by atoms with van der Waals surface area (Å²) in [6.45, 7) is 4.65. The van der Waals surface area contributed by atoms with Crippen LogP contribution in [0.15, 0.2) is 36.5 Å². The van der Waals surface area contributed by atoms with E-state index in [0.29, 0.717) is 35.8 Å². The van der Waals surface area contributed by atoms with Gasteiger partial charge in [-0.2, -0.15) is 0 Å². The number of aromatic nitrogens is 4. The van der Waals surface area contributed by atoms with E-state index in [-0.39, 0.29) is 28.4 Å². The molecule has 14 heteroatoms. The third-order valence-electron chi connectivity index (χ3n) is 6.47. The third-order valence-corrected chi connectivity index (χ3v) is 6.47. The van der Waals surface area contributed by atoms with Gasteiger partial charge in [0.1, 0.15) is 17.0 Å². The SMILES string of the molecule is COc1cc(N(C)CCN(C)C)c([N+](=O)[O-])cc1Nc1nccc(-c2cc(F)c3nc(C(F)F)n(C(C)C)c3c2)n1. The molecule has 0 spiro atoms. The lowest BCUT2D eigenvalue weighted by atomic mass is 10.1. The van der Waals surface area contributed by atoms with E-state index < -0.39 is 29.0 Å². The number of hydrogen-bond acceptors (Lipinski definition) is 9. The summed E-state index contributed by atoms with van der Waals surface area (Å²) in [7, 11) is 7.03. The van der Waals surface area contributed by atoms with Crippen molar-refractivity contribution in [2.75, 3.05) is 51.6 Å². The number of nitrogens with one attached hydrogen (secondary N) is 1. The zero-order valence-electron chi connectivity index (χ0n) is 23.5. The molecule has 0 aliphatic rings. The van der Waals surface area contributed by atoms with Crippen molar-refractivity contribution in [1.29, 1.82) is 0 Å². The largest absolute Gasteiger partial charge is 0.494 e. The van der Waals surface area contributed by atoms with Gasteiger partial charge in [-0.25, -0.2) is 28.1 Å². The molecule has 0 aliphatic heterocycles. The number of fused-ring (bicyclic) bond motifs is 1. The van der Waals surface area contributed by atoms with E-state index in [9.17, 15) is 18.9 Å². The summed E-state index contributed by atoms with van der Waals surface area (Å²) in [6.07, 6.45) is -1.44. The van der Waals surface area contributed by atoms with Crippen molar-refractivity contribution < 1.29 is 22.8 Å². The molecule has 2 aromatic carbocycles. The monoisotopic (exact) mass is 572 g/mol. The summed E-state index contributed by atoms with van der Waals surface area (Å²) in [6, 6.07) is 6.78. The fraction of sp³-hybridized carbons (Fsp3) is 0.370. The third kappa shape index (κ3) is 6.16. The highest BCUT2D eigenvalue weighted by molar-refractivity contribution is 5.83. The maximum Gasteiger partial charge on any atom is 0.295 e. The topological polar surface area (TPSA) is 114 Å². The Morgan fingerprint density at radius 1 is 1.12 bits per heavy atom. The fourth-order valence-corrected chi connectivity index (χ4v) is 4.46. The summed E-state index contributed by atoms with van der Waals surface area (Å²) in [5.41, 5.74) is 1.16. The van der Waals surface area contributed by atoms with Gasteiger partial charge < -0.3 is 24.4 Å². The summed E-state index contributed by atoms with van der Waals surface area (Å²) in [4.78, 5) is 27.7. The Bertz CT molecular complexity index is 1580. The second-order valence-electron chi connectivity index (χ2n) is 9.97. The van der Waals surface area contributed by atoms with Gasteiger partial charge in [0.05, 0.1) is 28.9 Å². The molecule has 0 fully saturated rings. The number of alkyl halides is 2. The Hall–Kier alpha value is -4.46. The molecule has 0 atom stereocenters. The van der Waals surface area contributed by atoms with Gasteiger partial charge in [-0.1, -0.05) is 0 Å². The maximum absolute atomic E-state index is 15.1. The number of hydrogen-bond donors (Lipinski definition) is 1. The number of nitrogens with zero attached hydrogens (tertiary/aromatic N) is 7. The summed E-state index contributed by atoms with van der Waals surface area (Å²) < 4.78 is 49.1. The van der Waals surface area contributed by atoms with Crippen molar-refractivity contribution in [1.82, 2.24) is 24.4 Å². The van der Waals surface area contributed by atoms with E-state index in [4.69, 9.17) is 4.74 Å². The predicted molar refractivity (Wildman–Crippen MR) is 151 cm³/mol. The van der Waals surface area contributed by atoms with E-state index in [1.807, 2.05) is 19.0 Å². The first-order chi connectivity index (χ1) is 19.4. The van der Waals surface area contributed by atoms with Crippen LogP contribution in [0, 0.1) is 15.9 Å². The van der Waals surface area contributed by atoms with Crippen LogP contribution in [0.1, 0.15) is 32.1 Å². The first-order valence-electron chi connectivity index (χ1n) is 12.7. The number of benzene rings is 2. The lowest BCUT2D eigenvalue weighted by Gasteiger charge is -2.22. The van der Waals surface area contributed by atoms with E-state index in [0.717, 1.165) is 0 Å². The zero-order chi connectivity index (χ0) is 30.0. The van der Waals surface area contributed by atoms with Gasteiger partial charge in [0, 0.05) is 50.1 Å². The number of nitro benzene ring substituents is 1. The van der Waals surface area contributed by atoms with Crippen LogP contribution in [0.5, 0.6) is 5.75 Å². The highest BCUT2D eigenvalue weighted by Gasteiger charge is 2.25. The van der Waals surface area contributed by atoms with Crippen molar-refractivity contribution in [3.05, 3.63) is 58.3 Å². The van der Waals surface area contributed by atoms with Gasteiger partial charge in [0.2, 0.25) is 5.95 Å². The average molecular weight is 573 g/mol. The van der Waals surface area contributed by atoms with Crippen molar-refractivity contribution in [2.24, 2.45) is 0 Å². The lowest BCUT2D eigenvalue weighted by Crippen LogP contribution is -2.28. The number of likely N-dealkylation sites (N-methyl/N-ethyl adjacent to an activating group) is 2. The Kier molecular flexibility index (Phi) is 8.61. The van der Waals surface area contributed by atoms with Gasteiger partial charge >= 0.3 is 0 Å². The van der Waals surface area contributed by atoms with Crippen LogP contribution < -0.4 is 15.0 Å². The van der Waals surface area contributed by atoms with E-state index in [2.05, 4.69) is 20.3 Å². The Morgan fingerprint density at radius 3 is 2.46 bits per heavy atom. The van der Waals surface area contributed by atoms with Crippen LogP contribution in [0.4, 0.5) is 36.2 Å². The highest BCUT2D eigenvalue weighted by atomic mass is 19.3. The van der Waals surface area contributed by atoms with E-state index in [1.165, 1.54) is 30.0 Å². The molecule has 0 saturated heterocycles. The van der Waals surface area contributed by atoms with Gasteiger partial charge in [0.25, 0.3) is 12.1 Å². The van der Waals surface area contributed by atoms with Crippen LogP contribution in [-0.2, 0) is 0 Å². The second kappa shape index (κ2) is 12.0. The molecule has 0 aliphatic carbocycles. The molecule has 41 heavy (non-hydrogen) atoms. The molecule has 0 saturated carbocycles. The van der Waals surface area contributed by atoms with Crippen LogP contribution in [-0.4, -0.2) is 70.7 Å². The predicted octanol–water partition coefficient (Wildman–Crippen LogP) is 5.81. The maximum atomic E-state index is 15.1. The molecular weight excluding hydrogens is 541 g/mol. The molecule has 0 amide bonds. The van der Waals surface area contributed by atoms with Gasteiger partial charge in [-0.15, -0.1) is 0 Å². The van der Waals surface area contributed by atoms with Gasteiger partial charge in [-0.05, 0) is 46.1 Å². The van der Waals surface area contributed by atoms with Crippen LogP contribution >= 0.6 is 0 Å². The number of rotatable bonds is 11. The molecule has 218 valence electrons. The smallest absolute Gasteiger partial charge is 0.295 e. The normalized spacial score (nSPS) is 11.6. The summed E-state index contributed by atoms with van der Waals surface area (Å²) in [5, 5.41) is 14.9. The number of methoxy groups -OCH3 is 1. The molecule has 2 aromatic heterocycles. The molecular formula is C27H31F3N8O3. The fourth-order valence-electron chi connectivity index (χ4n) is 4.46. The minimum absolute atomic E-state index is 0.0648. The Morgan fingerprint density at radius 2 is 1.85 bits per heavy atom. The molecule has 11 nitrogen and oxygen atoms in total. The van der Waals surface area contributed by atoms with Crippen molar-refractivity contribution >= 4 is 34.0 Å². The van der Waals surface area contributed by atoms with E-state index >= 15 is 4.39 Å². The highest BCUT2D eigenvalue weighted by Crippen LogP contribution is 2.39. The molecule has 0 bridgehead atoms. The van der Waals surface area contributed by atoms with Crippen LogP contribution in [0.3, 0.4) is 0 Å². The second-order valence-corrected chi connectivity index (χ2v) is 9.97. The quantitative estimate of drug-likeness (QED) is 0.176. The number of nitro groups is 1. The number of ether oxygens (including phenoxy) is 1. The summed E-state index contributed by atoms with van der Waals surface area (Å²) in [5.74, 6) is -0.891. The molecule has 1 N–H and O–H groups in total. The molecule has 0 unspecified atom stereocenters. The van der Waals surface area contributed by atoms with Gasteiger partial charge in [-0.3, -0.25) is 10.1 Å². The van der Waals surface area contributed by atoms with Crippen LogP contribution in [0.2, 0.25) is 0 Å². The number of imidazole rings is 1. The molecule has 4 aromatic rings. The number of halogens is 3. The van der Waals surface area contributed by atoms with Crippen molar-refractivity contribution in [3.63, 3.8) is 0 Å².